The molecule has 184 valence electrons. The van der Waals surface area contributed by atoms with Crippen LogP contribution in [0.25, 0.3) is 0 Å². The molecule has 0 saturated carbocycles. The number of carboxylic acid groups (broad SMARTS) is 1. The molecule has 2 aliphatic heterocycles. The molecule has 0 aromatic carbocycles. The number of nitrogens with one attached hydrogen (secondary N) is 3. The maximum Gasteiger partial charge on any atom is 0.351 e. The van der Waals surface area contributed by atoms with Gasteiger partial charge in [-0.25, -0.2) is 9.78 Å². The Bertz CT molecular complexity index is 963. The van der Waals surface area contributed by atoms with Gasteiger partial charge in [0, 0.05) is 44.1 Å². The van der Waals surface area contributed by atoms with Crippen molar-refractivity contribution in [3.63, 3.8) is 0 Å². The third-order valence-corrected chi connectivity index (χ3v) is 6.73. The van der Waals surface area contributed by atoms with Crippen molar-refractivity contribution in [1.29, 1.82) is 0 Å². The van der Waals surface area contributed by atoms with Gasteiger partial charge in [0.05, 0.1) is 5.70 Å². The lowest BCUT2D eigenvalue weighted by Crippen LogP contribution is -2.41. The zero-order valence-electron chi connectivity index (χ0n) is 18.8. The van der Waals surface area contributed by atoms with Crippen LogP contribution in [0.4, 0.5) is 5.13 Å². The van der Waals surface area contributed by atoms with Gasteiger partial charge in [0.2, 0.25) is 5.91 Å². The molecule has 0 radical (unpaired) electrons. The molecule has 3 amide bonds. The van der Waals surface area contributed by atoms with E-state index in [1.165, 1.54) is 11.3 Å². The molecular weight excluding hydrogens is 462 g/mol. The fraction of sp³-hybridized carbons (Fsp3) is 0.500. The molecule has 0 spiro atoms. The molecular formula is C22H29N5O6S. The number of aliphatic carboxylic acids is 1. The molecule has 3 heterocycles. The molecule has 12 heteroatoms. The zero-order chi connectivity index (χ0) is 24.7. The Balaban J connectivity index is 1.42. The van der Waals surface area contributed by atoms with Gasteiger partial charge in [0.25, 0.3) is 11.8 Å². The maximum absolute atomic E-state index is 12.4. The van der Waals surface area contributed by atoms with Crippen molar-refractivity contribution >= 4 is 40.2 Å². The quantitative estimate of drug-likeness (QED) is 0.372. The normalized spacial score (nSPS) is 17.0. The van der Waals surface area contributed by atoms with Crippen LogP contribution < -0.4 is 20.9 Å². The van der Waals surface area contributed by atoms with Crippen LogP contribution in [0, 0.1) is 11.8 Å². The average Bonchev–Trinajstić information content (AvgIpc) is 3.33. The van der Waals surface area contributed by atoms with E-state index in [2.05, 4.69) is 33.7 Å². The number of anilines is 1. The lowest BCUT2D eigenvalue weighted by molar-refractivity contribution is -0.134. The summed E-state index contributed by atoms with van der Waals surface area (Å²) in [5.41, 5.74) is -0.703. The summed E-state index contributed by atoms with van der Waals surface area (Å²) in [6.45, 7) is 10.1. The predicted octanol–water partition coefficient (Wildman–Crippen LogP) is 0.860. The molecule has 2 aliphatic rings. The molecule has 0 unspecified atom stereocenters. The Hall–Kier alpha value is -3.25. The van der Waals surface area contributed by atoms with E-state index in [1.54, 1.807) is 5.38 Å². The standard InChI is InChI=1S/C22H29N5O6S/c1-13(18(28)25-14(2)21(31)32)24-20(30)17-12-34-22(26-17)27-7-3-15(4-8-27)11-23-19(29)16-5-9-33-10-6-16/h12,15-16H,1-11H2,(H,23,29)(H,24,30)(H,25,28)(H,31,32). The SMILES string of the molecule is C=C(NC(=O)C(=C)NC(=O)c1csc(N2CCC(CNC(=O)C3CCOCC3)CC2)n1)C(=O)O. The van der Waals surface area contributed by atoms with Crippen molar-refractivity contribution < 1.29 is 29.0 Å². The first-order valence-corrected chi connectivity index (χ1v) is 11.9. The average molecular weight is 492 g/mol. The van der Waals surface area contributed by atoms with E-state index in [0.717, 1.165) is 38.8 Å². The Morgan fingerprint density at radius 3 is 2.41 bits per heavy atom. The molecule has 1 aromatic rings. The molecule has 2 saturated heterocycles. The molecule has 2 fully saturated rings. The number of thiazole rings is 1. The molecule has 11 nitrogen and oxygen atoms in total. The predicted molar refractivity (Wildman–Crippen MR) is 125 cm³/mol. The minimum Gasteiger partial charge on any atom is -0.477 e. The minimum absolute atomic E-state index is 0.0480. The molecule has 0 bridgehead atoms. The highest BCUT2D eigenvalue weighted by atomic mass is 32.1. The van der Waals surface area contributed by atoms with Gasteiger partial charge in [0.15, 0.2) is 5.13 Å². The zero-order valence-corrected chi connectivity index (χ0v) is 19.6. The van der Waals surface area contributed by atoms with Gasteiger partial charge in [0.1, 0.15) is 11.4 Å². The fourth-order valence-corrected chi connectivity index (χ4v) is 4.57. The lowest BCUT2D eigenvalue weighted by atomic mass is 9.95. The number of ether oxygens (including phenoxy) is 1. The van der Waals surface area contributed by atoms with Crippen LogP contribution in [0.2, 0.25) is 0 Å². The first-order valence-electron chi connectivity index (χ1n) is 11.0. The fourth-order valence-electron chi connectivity index (χ4n) is 3.72. The smallest absolute Gasteiger partial charge is 0.351 e. The van der Waals surface area contributed by atoms with Crippen LogP contribution in [0.3, 0.4) is 0 Å². The summed E-state index contributed by atoms with van der Waals surface area (Å²) in [6.07, 6.45) is 3.36. The summed E-state index contributed by atoms with van der Waals surface area (Å²) in [5, 5.41) is 18.5. The number of rotatable bonds is 9. The second-order valence-electron chi connectivity index (χ2n) is 8.25. The van der Waals surface area contributed by atoms with Crippen LogP contribution in [-0.2, 0) is 19.1 Å². The number of aromatic nitrogens is 1. The summed E-state index contributed by atoms with van der Waals surface area (Å²) in [7, 11) is 0. The molecule has 0 atom stereocenters. The van der Waals surface area contributed by atoms with Crippen molar-refractivity contribution in [2.75, 3.05) is 37.7 Å². The number of hydrogen-bond acceptors (Lipinski definition) is 8. The maximum atomic E-state index is 12.4. The summed E-state index contributed by atoms with van der Waals surface area (Å²) in [6, 6.07) is 0. The molecule has 0 aliphatic carbocycles. The number of amides is 3. The van der Waals surface area contributed by atoms with Gasteiger partial charge in [-0.1, -0.05) is 13.2 Å². The van der Waals surface area contributed by atoms with Crippen LogP contribution in [0.5, 0.6) is 0 Å². The monoisotopic (exact) mass is 491 g/mol. The van der Waals surface area contributed by atoms with E-state index < -0.39 is 23.5 Å². The highest BCUT2D eigenvalue weighted by molar-refractivity contribution is 7.13. The van der Waals surface area contributed by atoms with E-state index in [4.69, 9.17) is 9.84 Å². The molecule has 34 heavy (non-hydrogen) atoms. The molecule has 4 N–H and O–H groups in total. The van der Waals surface area contributed by atoms with Gasteiger partial charge in [-0.05, 0) is 31.6 Å². The van der Waals surface area contributed by atoms with Gasteiger partial charge in [-0.3, -0.25) is 14.4 Å². The third kappa shape index (κ3) is 6.87. The van der Waals surface area contributed by atoms with E-state index in [0.29, 0.717) is 30.8 Å². The minimum atomic E-state index is -1.39. The second kappa shape index (κ2) is 11.7. The van der Waals surface area contributed by atoms with Crippen LogP contribution in [-0.4, -0.2) is 66.6 Å². The topological polar surface area (TPSA) is 150 Å². The number of carbonyl (C=O) groups is 4. The van der Waals surface area contributed by atoms with Crippen molar-refractivity contribution in [2.24, 2.45) is 11.8 Å². The van der Waals surface area contributed by atoms with Crippen LogP contribution in [0.1, 0.15) is 36.2 Å². The highest BCUT2D eigenvalue weighted by Crippen LogP contribution is 2.26. The van der Waals surface area contributed by atoms with Gasteiger partial charge in [-0.15, -0.1) is 11.3 Å². The highest BCUT2D eigenvalue weighted by Gasteiger charge is 2.25. The van der Waals surface area contributed by atoms with Crippen molar-refractivity contribution in [3.05, 3.63) is 35.6 Å². The Labute approximate surface area is 201 Å². The summed E-state index contributed by atoms with van der Waals surface area (Å²) >= 11 is 1.32. The number of carboxylic acids is 1. The first-order chi connectivity index (χ1) is 16.2. The van der Waals surface area contributed by atoms with Crippen molar-refractivity contribution in [3.8, 4) is 0 Å². The Morgan fingerprint density at radius 2 is 1.76 bits per heavy atom. The number of nitrogens with zero attached hydrogens (tertiary/aromatic N) is 2. The van der Waals surface area contributed by atoms with Crippen molar-refractivity contribution in [2.45, 2.75) is 25.7 Å². The van der Waals surface area contributed by atoms with E-state index in [-0.39, 0.29) is 23.2 Å². The van der Waals surface area contributed by atoms with Gasteiger partial charge in [-0.2, -0.15) is 0 Å². The van der Waals surface area contributed by atoms with Crippen LogP contribution in [0.15, 0.2) is 29.9 Å². The summed E-state index contributed by atoms with van der Waals surface area (Å²) < 4.78 is 5.31. The van der Waals surface area contributed by atoms with E-state index >= 15 is 0 Å². The third-order valence-electron chi connectivity index (χ3n) is 5.83. The van der Waals surface area contributed by atoms with Crippen molar-refractivity contribution in [1.82, 2.24) is 20.9 Å². The summed E-state index contributed by atoms with van der Waals surface area (Å²) in [5.74, 6) is -2.32. The molecule has 3 rings (SSSR count). The molecule has 1 aromatic heterocycles. The van der Waals surface area contributed by atoms with E-state index in [9.17, 15) is 19.2 Å². The van der Waals surface area contributed by atoms with Gasteiger partial charge >= 0.3 is 5.97 Å². The number of carbonyl (C=O) groups excluding carboxylic acids is 3. The lowest BCUT2D eigenvalue weighted by Gasteiger charge is -2.32. The Morgan fingerprint density at radius 1 is 1.09 bits per heavy atom. The van der Waals surface area contributed by atoms with E-state index in [1.807, 2.05) is 5.32 Å². The van der Waals surface area contributed by atoms with Gasteiger partial charge < -0.3 is 30.7 Å². The number of piperidine rings is 1. The largest absolute Gasteiger partial charge is 0.477 e. The second-order valence-corrected chi connectivity index (χ2v) is 9.08. The summed E-state index contributed by atoms with van der Waals surface area (Å²) in [4.78, 5) is 53.8. The Kier molecular flexibility index (Phi) is 8.77. The first kappa shape index (κ1) is 25.4. The number of hydrogen-bond donors (Lipinski definition) is 4. The van der Waals surface area contributed by atoms with Crippen LogP contribution >= 0.6 is 11.3 Å².